The number of rotatable bonds is 7. The Morgan fingerprint density at radius 1 is 1.00 bits per heavy atom. The van der Waals surface area contributed by atoms with Gasteiger partial charge in [0, 0.05) is 5.56 Å². The van der Waals surface area contributed by atoms with Crippen molar-refractivity contribution in [1.82, 2.24) is 4.98 Å². The van der Waals surface area contributed by atoms with E-state index in [-0.39, 0.29) is 11.3 Å². The number of hydrogen-bond donors (Lipinski definition) is 1. The SMILES string of the molecule is CCOc1ccc(C2C(=C(O)c3ccc(OC)cc3)C(=O)C(=O)N2c2nc3ccc(C)cc3s2)cc1OC. The van der Waals surface area contributed by atoms with E-state index in [9.17, 15) is 14.7 Å². The number of carbonyl (C=O) groups is 2. The molecule has 1 atom stereocenters. The molecule has 1 N–H and O–H groups in total. The molecule has 0 aliphatic carbocycles. The van der Waals surface area contributed by atoms with Crippen molar-refractivity contribution in [2.24, 2.45) is 0 Å². The van der Waals surface area contributed by atoms with Crippen LogP contribution in [0.3, 0.4) is 0 Å². The maximum atomic E-state index is 13.5. The van der Waals surface area contributed by atoms with Gasteiger partial charge in [-0.2, -0.15) is 0 Å². The topological polar surface area (TPSA) is 98.2 Å². The molecule has 38 heavy (non-hydrogen) atoms. The van der Waals surface area contributed by atoms with Gasteiger partial charge in [0.15, 0.2) is 16.6 Å². The summed E-state index contributed by atoms with van der Waals surface area (Å²) in [6.45, 7) is 4.29. The zero-order valence-electron chi connectivity index (χ0n) is 21.3. The maximum absolute atomic E-state index is 13.5. The third-order valence-corrected chi connectivity index (χ3v) is 7.37. The highest BCUT2D eigenvalue weighted by Gasteiger charge is 2.48. The fourth-order valence-electron chi connectivity index (χ4n) is 4.50. The lowest BCUT2D eigenvalue weighted by Crippen LogP contribution is -2.29. The van der Waals surface area contributed by atoms with Gasteiger partial charge >= 0.3 is 5.91 Å². The number of nitrogens with zero attached hydrogens (tertiary/aromatic N) is 2. The third-order valence-electron chi connectivity index (χ3n) is 6.35. The van der Waals surface area contributed by atoms with Crippen molar-refractivity contribution in [1.29, 1.82) is 0 Å². The van der Waals surface area contributed by atoms with Crippen LogP contribution in [-0.2, 0) is 9.59 Å². The van der Waals surface area contributed by atoms with Crippen LogP contribution < -0.4 is 19.1 Å². The summed E-state index contributed by atoms with van der Waals surface area (Å²) in [5.74, 6) is -0.288. The minimum Gasteiger partial charge on any atom is -0.507 e. The van der Waals surface area contributed by atoms with Crippen LogP contribution in [0.1, 0.15) is 29.7 Å². The molecular formula is C29H26N2O6S. The number of amides is 1. The summed E-state index contributed by atoms with van der Waals surface area (Å²) in [5, 5.41) is 11.7. The summed E-state index contributed by atoms with van der Waals surface area (Å²) in [6, 6.07) is 16.7. The first-order chi connectivity index (χ1) is 18.4. The molecular weight excluding hydrogens is 504 g/mol. The fourth-order valence-corrected chi connectivity index (χ4v) is 5.59. The van der Waals surface area contributed by atoms with Crippen molar-refractivity contribution in [2.45, 2.75) is 19.9 Å². The van der Waals surface area contributed by atoms with Crippen molar-refractivity contribution >= 4 is 44.1 Å². The molecule has 4 aromatic rings. The van der Waals surface area contributed by atoms with E-state index in [2.05, 4.69) is 4.98 Å². The van der Waals surface area contributed by atoms with Gasteiger partial charge in [0.05, 0.1) is 42.7 Å². The molecule has 5 rings (SSSR count). The second-order valence-electron chi connectivity index (χ2n) is 8.71. The molecule has 0 saturated carbocycles. The molecule has 1 saturated heterocycles. The van der Waals surface area contributed by atoms with Crippen LogP contribution in [-0.4, -0.2) is 42.6 Å². The minimum absolute atomic E-state index is 0.0400. The van der Waals surface area contributed by atoms with Crippen LogP contribution in [0.25, 0.3) is 16.0 Å². The molecule has 9 heteroatoms. The summed E-state index contributed by atoms with van der Waals surface area (Å²) < 4.78 is 17.3. The highest BCUT2D eigenvalue weighted by molar-refractivity contribution is 7.22. The lowest BCUT2D eigenvalue weighted by Gasteiger charge is -2.24. The van der Waals surface area contributed by atoms with Crippen molar-refractivity contribution < 1.29 is 28.9 Å². The Bertz CT molecular complexity index is 1570. The number of ketones is 1. The number of aliphatic hydroxyl groups excluding tert-OH is 1. The summed E-state index contributed by atoms with van der Waals surface area (Å²) in [4.78, 5) is 33.0. The summed E-state index contributed by atoms with van der Waals surface area (Å²) in [5.41, 5.74) is 2.68. The van der Waals surface area contributed by atoms with E-state index >= 15 is 0 Å². The normalized spacial score (nSPS) is 16.7. The average Bonchev–Trinajstić information content (AvgIpc) is 3.46. The van der Waals surface area contributed by atoms with Gasteiger partial charge in [0.2, 0.25) is 0 Å². The van der Waals surface area contributed by atoms with Crippen LogP contribution in [0.2, 0.25) is 0 Å². The van der Waals surface area contributed by atoms with Crippen molar-refractivity contribution in [2.75, 3.05) is 25.7 Å². The van der Waals surface area contributed by atoms with Crippen LogP contribution in [0, 0.1) is 6.92 Å². The monoisotopic (exact) mass is 530 g/mol. The number of ether oxygens (including phenoxy) is 3. The van der Waals surface area contributed by atoms with Crippen LogP contribution in [0.4, 0.5) is 5.13 Å². The van der Waals surface area contributed by atoms with E-state index in [0.717, 1.165) is 15.8 Å². The minimum atomic E-state index is -0.941. The first-order valence-electron chi connectivity index (χ1n) is 12.0. The zero-order valence-corrected chi connectivity index (χ0v) is 22.2. The molecule has 1 amide bonds. The molecule has 2 heterocycles. The molecule has 1 aliphatic heterocycles. The standard InChI is InChI=1S/C29H26N2O6S/c1-5-37-21-13-9-18(15-22(21)36-4)25-24(26(32)17-7-10-19(35-3)11-8-17)27(33)28(34)31(25)29-30-20-12-6-16(2)14-23(20)38-29/h6-15,25,32H,5H2,1-4H3. The van der Waals surface area contributed by atoms with Gasteiger partial charge in [0.25, 0.3) is 5.78 Å². The number of aliphatic hydroxyl groups is 1. The fraction of sp³-hybridized carbons (Fsp3) is 0.207. The number of benzene rings is 3. The average molecular weight is 531 g/mol. The van der Waals surface area contributed by atoms with E-state index in [4.69, 9.17) is 14.2 Å². The maximum Gasteiger partial charge on any atom is 0.301 e. The number of carbonyl (C=O) groups excluding carboxylic acids is 2. The highest BCUT2D eigenvalue weighted by Crippen LogP contribution is 2.46. The van der Waals surface area contributed by atoms with Gasteiger partial charge in [-0.05, 0) is 73.5 Å². The molecule has 0 bridgehead atoms. The molecule has 0 radical (unpaired) electrons. The number of aryl methyl sites for hydroxylation is 1. The number of methoxy groups -OCH3 is 2. The molecule has 3 aromatic carbocycles. The third kappa shape index (κ3) is 4.35. The van der Waals surface area contributed by atoms with Crippen LogP contribution >= 0.6 is 11.3 Å². The summed E-state index contributed by atoms with van der Waals surface area (Å²) >= 11 is 1.31. The van der Waals surface area contributed by atoms with Gasteiger partial charge in [-0.15, -0.1) is 0 Å². The predicted molar refractivity (Wildman–Crippen MR) is 146 cm³/mol. The number of Topliss-reactive ketones (excluding diaryl/α,β-unsaturated/α-hetero) is 1. The molecule has 1 aliphatic rings. The Morgan fingerprint density at radius 3 is 2.45 bits per heavy atom. The lowest BCUT2D eigenvalue weighted by molar-refractivity contribution is -0.132. The Labute approximate surface area is 223 Å². The van der Waals surface area contributed by atoms with Gasteiger partial charge < -0.3 is 19.3 Å². The largest absolute Gasteiger partial charge is 0.507 e. The molecule has 1 fully saturated rings. The molecule has 194 valence electrons. The molecule has 1 aromatic heterocycles. The zero-order chi connectivity index (χ0) is 27.0. The first-order valence-corrected chi connectivity index (χ1v) is 12.8. The molecule has 1 unspecified atom stereocenters. The van der Waals surface area contributed by atoms with E-state index in [1.165, 1.54) is 23.3 Å². The number of aromatic nitrogens is 1. The Kier molecular flexibility index (Phi) is 6.77. The quantitative estimate of drug-likeness (QED) is 0.187. The van der Waals surface area contributed by atoms with E-state index in [0.29, 0.717) is 40.1 Å². The highest BCUT2D eigenvalue weighted by atomic mass is 32.1. The summed E-state index contributed by atoms with van der Waals surface area (Å²) in [7, 11) is 3.06. The van der Waals surface area contributed by atoms with Crippen molar-refractivity contribution in [3.05, 3.63) is 82.9 Å². The molecule has 0 spiro atoms. The van der Waals surface area contributed by atoms with Gasteiger partial charge in [0.1, 0.15) is 11.5 Å². The number of fused-ring (bicyclic) bond motifs is 1. The molecule has 8 nitrogen and oxygen atoms in total. The van der Waals surface area contributed by atoms with Gasteiger partial charge in [-0.1, -0.05) is 23.5 Å². The number of anilines is 1. The number of hydrogen-bond acceptors (Lipinski definition) is 8. The first kappa shape index (κ1) is 25.3. The number of thiazole rings is 1. The second kappa shape index (κ2) is 10.2. The predicted octanol–water partition coefficient (Wildman–Crippen LogP) is 5.65. The van der Waals surface area contributed by atoms with Gasteiger partial charge in [-0.25, -0.2) is 4.98 Å². The van der Waals surface area contributed by atoms with Gasteiger partial charge in [-0.3, -0.25) is 14.5 Å². The smallest absolute Gasteiger partial charge is 0.301 e. The second-order valence-corrected chi connectivity index (χ2v) is 9.72. The van der Waals surface area contributed by atoms with E-state index < -0.39 is 17.7 Å². The van der Waals surface area contributed by atoms with Crippen LogP contribution in [0.15, 0.2) is 66.2 Å². The van der Waals surface area contributed by atoms with Crippen molar-refractivity contribution in [3.63, 3.8) is 0 Å². The lowest BCUT2D eigenvalue weighted by atomic mass is 9.95. The Balaban J connectivity index is 1.72. The Morgan fingerprint density at radius 2 is 1.76 bits per heavy atom. The van der Waals surface area contributed by atoms with Crippen LogP contribution in [0.5, 0.6) is 17.2 Å². The summed E-state index contributed by atoms with van der Waals surface area (Å²) in [6.07, 6.45) is 0. The van der Waals surface area contributed by atoms with E-state index in [1.54, 1.807) is 49.6 Å². The van der Waals surface area contributed by atoms with Crippen molar-refractivity contribution in [3.8, 4) is 17.2 Å². The van der Waals surface area contributed by atoms with E-state index in [1.807, 2.05) is 32.0 Å². The Hall–Kier alpha value is -4.37.